The van der Waals surface area contributed by atoms with Crippen molar-refractivity contribution in [2.24, 2.45) is 5.73 Å². The first-order chi connectivity index (χ1) is 9.74. The number of hydrogen-bond donors (Lipinski definition) is 2. The molecule has 0 spiro atoms. The number of nitrogens with two attached hydrogens (primary N) is 1. The van der Waals surface area contributed by atoms with Gasteiger partial charge in [-0.05, 0) is 35.6 Å². The van der Waals surface area contributed by atoms with Crippen LogP contribution in [0.3, 0.4) is 0 Å². The van der Waals surface area contributed by atoms with E-state index < -0.39 is 0 Å². The predicted octanol–water partition coefficient (Wildman–Crippen LogP) is 2.87. The number of carbonyl (C=O) groups is 1. The topological polar surface area (TPSA) is 55.1 Å². The van der Waals surface area contributed by atoms with Gasteiger partial charge in [-0.2, -0.15) is 0 Å². The first-order valence-corrected chi connectivity index (χ1v) is 7.29. The summed E-state index contributed by atoms with van der Waals surface area (Å²) in [5, 5.41) is 4.74. The highest BCUT2D eigenvalue weighted by Gasteiger charge is 2.12. The minimum Gasteiger partial charge on any atom is -0.321 e. The van der Waals surface area contributed by atoms with E-state index in [4.69, 9.17) is 5.73 Å². The molecule has 0 saturated carbocycles. The monoisotopic (exact) mass is 284 g/mol. The van der Waals surface area contributed by atoms with Crippen molar-refractivity contribution in [1.29, 1.82) is 0 Å². The van der Waals surface area contributed by atoms with Crippen LogP contribution in [0.1, 0.15) is 27.7 Å². The van der Waals surface area contributed by atoms with Gasteiger partial charge in [-0.3, -0.25) is 4.79 Å². The van der Waals surface area contributed by atoms with E-state index >= 15 is 0 Å². The van der Waals surface area contributed by atoms with Gasteiger partial charge in [0.25, 0.3) is 5.91 Å². The van der Waals surface area contributed by atoms with E-state index in [-0.39, 0.29) is 12.5 Å². The van der Waals surface area contributed by atoms with Crippen molar-refractivity contribution in [1.82, 2.24) is 0 Å². The van der Waals surface area contributed by atoms with Crippen molar-refractivity contribution in [3.63, 3.8) is 0 Å². The normalized spacial score (nSPS) is 9.70. The summed E-state index contributed by atoms with van der Waals surface area (Å²) in [6.45, 7) is 2.39. The van der Waals surface area contributed by atoms with Crippen LogP contribution in [0.25, 0.3) is 0 Å². The first-order valence-electron chi connectivity index (χ1n) is 6.41. The Morgan fingerprint density at radius 1 is 1.30 bits per heavy atom. The van der Waals surface area contributed by atoms with E-state index in [9.17, 15) is 4.79 Å². The van der Waals surface area contributed by atoms with E-state index in [0.717, 1.165) is 17.7 Å². The Kier molecular flexibility index (Phi) is 4.94. The van der Waals surface area contributed by atoms with Gasteiger partial charge in [0, 0.05) is 11.3 Å². The number of amides is 1. The van der Waals surface area contributed by atoms with Crippen LogP contribution >= 0.6 is 11.3 Å². The molecule has 0 radical (unpaired) electrons. The molecule has 0 aliphatic rings. The lowest BCUT2D eigenvalue weighted by Crippen LogP contribution is -2.11. The van der Waals surface area contributed by atoms with E-state index in [1.165, 1.54) is 16.9 Å². The molecule has 1 aromatic heterocycles. The van der Waals surface area contributed by atoms with Gasteiger partial charge in [0.2, 0.25) is 0 Å². The summed E-state index contributed by atoms with van der Waals surface area (Å²) < 4.78 is 0. The van der Waals surface area contributed by atoms with Gasteiger partial charge in [-0.25, -0.2) is 0 Å². The average Bonchev–Trinajstić information content (AvgIpc) is 2.94. The Bertz CT molecular complexity index is 647. The van der Waals surface area contributed by atoms with Gasteiger partial charge in [0.05, 0.1) is 6.54 Å². The maximum atomic E-state index is 12.2. The molecule has 0 aliphatic heterocycles. The van der Waals surface area contributed by atoms with Crippen LogP contribution in [0.4, 0.5) is 5.69 Å². The zero-order valence-corrected chi connectivity index (χ0v) is 12.1. The Morgan fingerprint density at radius 2 is 2.05 bits per heavy atom. The maximum Gasteiger partial charge on any atom is 0.267 e. The fourth-order valence-electron chi connectivity index (χ4n) is 1.74. The molecule has 3 N–H and O–H groups in total. The summed E-state index contributed by atoms with van der Waals surface area (Å²) in [6, 6.07) is 9.69. The molecule has 1 aromatic carbocycles. The summed E-state index contributed by atoms with van der Waals surface area (Å²) >= 11 is 1.38. The third kappa shape index (κ3) is 3.47. The van der Waals surface area contributed by atoms with Crippen LogP contribution in [0.2, 0.25) is 0 Å². The number of anilines is 1. The van der Waals surface area contributed by atoms with E-state index in [0.29, 0.717) is 4.88 Å². The zero-order valence-electron chi connectivity index (χ0n) is 11.3. The summed E-state index contributed by atoms with van der Waals surface area (Å²) in [4.78, 5) is 12.8. The SMILES string of the molecule is CCc1ccc(NC(=O)c2sccc2C#CCN)cc1. The number of aryl methyl sites for hydroxylation is 1. The molecule has 3 nitrogen and oxygen atoms in total. The molecular formula is C16H16N2OS. The van der Waals surface area contributed by atoms with Crippen molar-refractivity contribution in [3.05, 3.63) is 51.7 Å². The minimum atomic E-state index is -0.134. The summed E-state index contributed by atoms with van der Waals surface area (Å²) in [5.74, 6) is 5.55. The number of nitrogens with one attached hydrogen (secondary N) is 1. The molecule has 20 heavy (non-hydrogen) atoms. The van der Waals surface area contributed by atoms with Crippen LogP contribution in [-0.2, 0) is 6.42 Å². The van der Waals surface area contributed by atoms with Gasteiger partial charge in [0.15, 0.2) is 0 Å². The van der Waals surface area contributed by atoms with Crippen LogP contribution in [0.5, 0.6) is 0 Å². The third-order valence-electron chi connectivity index (χ3n) is 2.82. The van der Waals surface area contributed by atoms with Crippen LogP contribution in [0.15, 0.2) is 35.7 Å². The highest BCUT2D eigenvalue weighted by Crippen LogP contribution is 2.18. The smallest absolute Gasteiger partial charge is 0.267 e. The second kappa shape index (κ2) is 6.90. The Morgan fingerprint density at radius 3 is 2.70 bits per heavy atom. The third-order valence-corrected chi connectivity index (χ3v) is 3.73. The quantitative estimate of drug-likeness (QED) is 0.852. The van der Waals surface area contributed by atoms with Gasteiger partial charge in [-0.15, -0.1) is 11.3 Å². The standard InChI is InChI=1S/C16H16N2OS/c1-2-12-5-7-14(8-6-12)18-16(19)15-13(4-3-10-17)9-11-20-15/h5-9,11H,2,10,17H2,1H3,(H,18,19). The van der Waals surface area contributed by atoms with Crippen LogP contribution in [0, 0.1) is 11.8 Å². The molecule has 0 atom stereocenters. The van der Waals surface area contributed by atoms with E-state index in [1.54, 1.807) is 0 Å². The number of carbonyl (C=O) groups excluding carboxylic acids is 1. The van der Waals surface area contributed by atoms with E-state index in [1.807, 2.05) is 35.7 Å². The second-order valence-electron chi connectivity index (χ2n) is 4.17. The lowest BCUT2D eigenvalue weighted by Gasteiger charge is -2.05. The van der Waals surface area contributed by atoms with Crippen molar-refractivity contribution < 1.29 is 4.79 Å². The number of hydrogen-bond acceptors (Lipinski definition) is 3. The molecule has 0 fully saturated rings. The number of rotatable bonds is 3. The highest BCUT2D eigenvalue weighted by molar-refractivity contribution is 7.12. The molecule has 0 aliphatic carbocycles. The number of benzene rings is 1. The average molecular weight is 284 g/mol. The van der Waals surface area contributed by atoms with Gasteiger partial charge in [-0.1, -0.05) is 30.9 Å². The zero-order chi connectivity index (χ0) is 14.4. The van der Waals surface area contributed by atoms with Crippen LogP contribution in [-0.4, -0.2) is 12.5 Å². The molecule has 1 amide bonds. The fourth-order valence-corrected chi connectivity index (χ4v) is 2.49. The molecule has 0 bridgehead atoms. The molecule has 2 aromatic rings. The largest absolute Gasteiger partial charge is 0.321 e. The molecule has 4 heteroatoms. The van der Waals surface area contributed by atoms with Crippen molar-refractivity contribution >= 4 is 22.9 Å². The minimum absolute atomic E-state index is 0.134. The molecular weight excluding hydrogens is 268 g/mol. The Labute approximate surface area is 122 Å². The summed E-state index contributed by atoms with van der Waals surface area (Å²) in [6.07, 6.45) is 0.984. The maximum absolute atomic E-state index is 12.2. The second-order valence-corrected chi connectivity index (χ2v) is 5.09. The summed E-state index contributed by atoms with van der Waals surface area (Å²) in [5.41, 5.74) is 8.11. The Hall–Kier alpha value is -2.09. The molecule has 102 valence electrons. The molecule has 0 unspecified atom stereocenters. The van der Waals surface area contributed by atoms with Crippen molar-refractivity contribution in [3.8, 4) is 11.8 Å². The lowest BCUT2D eigenvalue weighted by molar-refractivity contribution is 0.103. The van der Waals surface area contributed by atoms with Crippen molar-refractivity contribution in [2.45, 2.75) is 13.3 Å². The lowest BCUT2D eigenvalue weighted by atomic mass is 10.1. The highest BCUT2D eigenvalue weighted by atomic mass is 32.1. The number of thiophene rings is 1. The van der Waals surface area contributed by atoms with Gasteiger partial charge < -0.3 is 11.1 Å². The fraction of sp³-hybridized carbons (Fsp3) is 0.188. The van der Waals surface area contributed by atoms with Gasteiger partial charge >= 0.3 is 0 Å². The summed E-state index contributed by atoms with van der Waals surface area (Å²) in [7, 11) is 0. The molecule has 1 heterocycles. The Balaban J connectivity index is 2.13. The van der Waals surface area contributed by atoms with Crippen LogP contribution < -0.4 is 11.1 Å². The van der Waals surface area contributed by atoms with E-state index in [2.05, 4.69) is 24.1 Å². The van der Waals surface area contributed by atoms with Crippen molar-refractivity contribution in [2.75, 3.05) is 11.9 Å². The predicted molar refractivity (Wildman–Crippen MR) is 84.0 cm³/mol. The molecule has 2 rings (SSSR count). The first kappa shape index (κ1) is 14.3. The molecule has 0 saturated heterocycles. The van der Waals surface area contributed by atoms with Gasteiger partial charge in [0.1, 0.15) is 4.88 Å².